The molecule has 0 N–H and O–H groups in total. The number of pyridine rings is 1. The molecule has 0 unspecified atom stereocenters. The van der Waals surface area contributed by atoms with Gasteiger partial charge in [-0.25, -0.2) is 0 Å². The monoisotopic (exact) mass is 267 g/mol. The lowest BCUT2D eigenvalue weighted by molar-refractivity contribution is -0.384. The zero-order valence-electron chi connectivity index (χ0n) is 10.8. The standard InChI is InChI=1S/C15H13N3O2/c19-18(20)14-2-1-13-6-10-17(15(13)11-14)9-5-12-3-7-16-8-4-12/h1-4,6-8,10-11H,5,9H2. The summed E-state index contributed by atoms with van der Waals surface area (Å²) in [7, 11) is 0. The lowest BCUT2D eigenvalue weighted by Crippen LogP contribution is -2.00. The fourth-order valence-corrected chi connectivity index (χ4v) is 2.28. The lowest BCUT2D eigenvalue weighted by Gasteiger charge is -2.05. The SMILES string of the molecule is O=[N+]([O-])c1ccc2ccn(CCc3ccncc3)c2c1. The van der Waals surface area contributed by atoms with Crippen LogP contribution in [0.25, 0.3) is 10.9 Å². The van der Waals surface area contributed by atoms with Crippen molar-refractivity contribution < 1.29 is 4.92 Å². The van der Waals surface area contributed by atoms with Crippen molar-refractivity contribution in [1.29, 1.82) is 0 Å². The Balaban J connectivity index is 1.88. The molecule has 0 aliphatic rings. The summed E-state index contributed by atoms with van der Waals surface area (Å²) in [5.41, 5.74) is 2.22. The fourth-order valence-electron chi connectivity index (χ4n) is 2.28. The van der Waals surface area contributed by atoms with Crippen LogP contribution in [0.2, 0.25) is 0 Å². The summed E-state index contributed by atoms with van der Waals surface area (Å²) in [6.07, 6.45) is 6.38. The van der Waals surface area contributed by atoms with Crippen LogP contribution in [0.3, 0.4) is 0 Å². The zero-order valence-corrected chi connectivity index (χ0v) is 10.8. The number of hydrogen-bond donors (Lipinski definition) is 0. The van der Waals surface area contributed by atoms with Crippen LogP contribution in [0.5, 0.6) is 0 Å². The van der Waals surface area contributed by atoms with Crippen molar-refractivity contribution in [3.63, 3.8) is 0 Å². The van der Waals surface area contributed by atoms with Crippen LogP contribution in [0.1, 0.15) is 5.56 Å². The second-order valence-electron chi connectivity index (χ2n) is 4.61. The molecule has 100 valence electrons. The molecule has 0 aliphatic heterocycles. The van der Waals surface area contributed by atoms with E-state index < -0.39 is 0 Å². The number of aromatic nitrogens is 2. The Hall–Kier alpha value is -2.69. The number of nitro groups is 1. The highest BCUT2D eigenvalue weighted by Gasteiger charge is 2.09. The molecule has 2 heterocycles. The molecule has 0 aliphatic carbocycles. The summed E-state index contributed by atoms with van der Waals surface area (Å²) >= 11 is 0. The van der Waals surface area contributed by atoms with E-state index in [2.05, 4.69) is 4.98 Å². The van der Waals surface area contributed by atoms with Gasteiger partial charge in [0.05, 0.1) is 10.4 Å². The first kappa shape index (κ1) is 12.3. The number of benzene rings is 1. The van der Waals surface area contributed by atoms with E-state index in [9.17, 15) is 10.1 Å². The largest absolute Gasteiger partial charge is 0.347 e. The Kier molecular flexibility index (Phi) is 3.16. The van der Waals surface area contributed by atoms with Crippen molar-refractivity contribution in [2.24, 2.45) is 0 Å². The predicted octanol–water partition coefficient (Wildman–Crippen LogP) is 3.19. The van der Waals surface area contributed by atoms with Gasteiger partial charge in [0, 0.05) is 42.7 Å². The smallest absolute Gasteiger partial charge is 0.271 e. The summed E-state index contributed by atoms with van der Waals surface area (Å²) in [5.74, 6) is 0. The average molecular weight is 267 g/mol. The van der Waals surface area contributed by atoms with Gasteiger partial charge in [-0.05, 0) is 36.2 Å². The van der Waals surface area contributed by atoms with Crippen LogP contribution in [0.4, 0.5) is 5.69 Å². The van der Waals surface area contributed by atoms with Crippen molar-refractivity contribution in [3.05, 3.63) is 70.7 Å². The van der Waals surface area contributed by atoms with E-state index in [4.69, 9.17) is 0 Å². The minimum absolute atomic E-state index is 0.126. The van der Waals surface area contributed by atoms with Gasteiger partial charge < -0.3 is 4.57 Å². The van der Waals surface area contributed by atoms with Gasteiger partial charge in [-0.3, -0.25) is 15.1 Å². The highest BCUT2D eigenvalue weighted by atomic mass is 16.6. The summed E-state index contributed by atoms with van der Waals surface area (Å²) in [6, 6.07) is 10.9. The number of hydrogen-bond acceptors (Lipinski definition) is 3. The maximum Gasteiger partial charge on any atom is 0.271 e. The van der Waals surface area contributed by atoms with Gasteiger partial charge in [-0.1, -0.05) is 0 Å². The average Bonchev–Trinajstić information content (AvgIpc) is 2.88. The van der Waals surface area contributed by atoms with Crippen molar-refractivity contribution in [3.8, 4) is 0 Å². The summed E-state index contributed by atoms with van der Waals surface area (Å²) in [6.45, 7) is 0.786. The number of rotatable bonds is 4. The van der Waals surface area contributed by atoms with Gasteiger partial charge in [0.1, 0.15) is 0 Å². The molecule has 0 amide bonds. The van der Waals surface area contributed by atoms with E-state index in [1.54, 1.807) is 24.5 Å². The van der Waals surface area contributed by atoms with E-state index in [-0.39, 0.29) is 10.6 Å². The molecule has 2 aromatic heterocycles. The van der Waals surface area contributed by atoms with Crippen molar-refractivity contribution in [2.45, 2.75) is 13.0 Å². The van der Waals surface area contributed by atoms with E-state index in [0.29, 0.717) is 0 Å². The molecule has 0 spiro atoms. The first-order valence-corrected chi connectivity index (χ1v) is 6.36. The zero-order chi connectivity index (χ0) is 13.9. The van der Waals surface area contributed by atoms with E-state index >= 15 is 0 Å². The number of fused-ring (bicyclic) bond motifs is 1. The van der Waals surface area contributed by atoms with E-state index in [0.717, 1.165) is 23.9 Å². The van der Waals surface area contributed by atoms with E-state index in [1.807, 2.05) is 29.0 Å². The second kappa shape index (κ2) is 5.13. The molecule has 0 atom stereocenters. The van der Waals surface area contributed by atoms with Crippen molar-refractivity contribution in [1.82, 2.24) is 9.55 Å². The molecule has 0 fully saturated rings. The third kappa shape index (κ3) is 2.38. The van der Waals surface area contributed by atoms with Crippen LogP contribution in [0.15, 0.2) is 55.0 Å². The van der Waals surface area contributed by atoms with Gasteiger partial charge in [0.2, 0.25) is 0 Å². The number of nitrogens with zero attached hydrogens (tertiary/aromatic N) is 3. The maximum atomic E-state index is 10.8. The van der Waals surface area contributed by atoms with Crippen molar-refractivity contribution >= 4 is 16.6 Å². The molecule has 0 bridgehead atoms. The molecular formula is C15H13N3O2. The molecular weight excluding hydrogens is 254 g/mol. The molecule has 20 heavy (non-hydrogen) atoms. The van der Waals surface area contributed by atoms with Gasteiger partial charge in [0.15, 0.2) is 0 Å². The Labute approximate surface area is 115 Å². The van der Waals surface area contributed by atoms with Crippen LogP contribution < -0.4 is 0 Å². The number of non-ortho nitro benzene ring substituents is 1. The van der Waals surface area contributed by atoms with Crippen LogP contribution in [-0.4, -0.2) is 14.5 Å². The third-order valence-corrected chi connectivity index (χ3v) is 3.36. The van der Waals surface area contributed by atoms with E-state index in [1.165, 1.54) is 11.6 Å². The maximum absolute atomic E-state index is 10.8. The molecule has 3 rings (SSSR count). The van der Waals surface area contributed by atoms with Gasteiger partial charge in [0.25, 0.3) is 5.69 Å². The van der Waals surface area contributed by atoms with Crippen molar-refractivity contribution in [2.75, 3.05) is 0 Å². The Morgan fingerprint density at radius 2 is 1.95 bits per heavy atom. The minimum Gasteiger partial charge on any atom is -0.347 e. The van der Waals surface area contributed by atoms with Gasteiger partial charge in [-0.15, -0.1) is 0 Å². The molecule has 3 aromatic rings. The molecule has 5 nitrogen and oxygen atoms in total. The van der Waals surface area contributed by atoms with Crippen LogP contribution in [0, 0.1) is 10.1 Å². The molecule has 0 radical (unpaired) electrons. The minimum atomic E-state index is -0.361. The fraction of sp³-hybridized carbons (Fsp3) is 0.133. The molecule has 0 saturated heterocycles. The number of nitro benzene ring substituents is 1. The van der Waals surface area contributed by atoms with Crippen LogP contribution in [-0.2, 0) is 13.0 Å². The molecule has 0 saturated carbocycles. The van der Waals surface area contributed by atoms with Crippen LogP contribution >= 0.6 is 0 Å². The third-order valence-electron chi connectivity index (χ3n) is 3.36. The Morgan fingerprint density at radius 3 is 2.70 bits per heavy atom. The molecule has 5 heteroatoms. The Bertz CT molecular complexity index is 750. The topological polar surface area (TPSA) is 61.0 Å². The van der Waals surface area contributed by atoms with Gasteiger partial charge >= 0.3 is 0 Å². The molecule has 1 aromatic carbocycles. The highest BCUT2D eigenvalue weighted by molar-refractivity contribution is 5.82. The first-order valence-electron chi connectivity index (χ1n) is 6.36. The second-order valence-corrected chi connectivity index (χ2v) is 4.61. The summed E-state index contributed by atoms with van der Waals surface area (Å²) in [4.78, 5) is 14.5. The highest BCUT2D eigenvalue weighted by Crippen LogP contribution is 2.22. The first-order chi connectivity index (χ1) is 9.74. The van der Waals surface area contributed by atoms with Gasteiger partial charge in [-0.2, -0.15) is 0 Å². The summed E-state index contributed by atoms with van der Waals surface area (Å²) in [5, 5.41) is 11.9. The lowest BCUT2D eigenvalue weighted by atomic mass is 10.2. The Morgan fingerprint density at radius 1 is 1.15 bits per heavy atom. The normalized spacial score (nSPS) is 10.8. The quantitative estimate of drug-likeness (QED) is 0.538. The number of aryl methyl sites for hydroxylation is 2. The summed E-state index contributed by atoms with van der Waals surface area (Å²) < 4.78 is 2.04. The predicted molar refractivity (Wildman–Crippen MR) is 76.5 cm³/mol.